The van der Waals surface area contributed by atoms with Crippen LogP contribution in [0.15, 0.2) is 66.0 Å². The third-order valence-electron chi connectivity index (χ3n) is 5.25. The van der Waals surface area contributed by atoms with Crippen molar-refractivity contribution in [1.29, 1.82) is 0 Å². The second-order valence-corrected chi connectivity index (χ2v) is 8.85. The lowest BCUT2D eigenvalue weighted by molar-refractivity contribution is 0.0957. The lowest BCUT2D eigenvalue weighted by atomic mass is 10.2. The summed E-state index contributed by atoms with van der Waals surface area (Å²) in [5.41, 5.74) is 2.12. The molecule has 0 fully saturated rings. The summed E-state index contributed by atoms with van der Waals surface area (Å²) in [5, 5.41) is 5.52. The number of imidazole rings is 1. The molecular formula is C25H26ClN3O2S. The van der Waals surface area contributed by atoms with Gasteiger partial charge in [-0.1, -0.05) is 48.4 Å². The van der Waals surface area contributed by atoms with Gasteiger partial charge in [0, 0.05) is 13.0 Å². The molecule has 0 atom stereocenters. The summed E-state index contributed by atoms with van der Waals surface area (Å²) in [6.45, 7) is 1.92. The number of carbonyl (C=O) groups is 1. The normalized spacial score (nSPS) is 11.0. The summed E-state index contributed by atoms with van der Waals surface area (Å²) >= 11 is 7.67. The number of nitrogens with zero attached hydrogens (tertiary/aromatic N) is 2. The molecule has 7 heteroatoms. The third kappa shape index (κ3) is 5.69. The molecule has 0 unspecified atom stereocenters. The number of thiophene rings is 1. The van der Waals surface area contributed by atoms with Crippen molar-refractivity contribution >= 4 is 39.9 Å². The van der Waals surface area contributed by atoms with Crippen molar-refractivity contribution in [3.05, 3.63) is 81.8 Å². The monoisotopic (exact) mass is 467 g/mol. The number of aromatic nitrogens is 2. The van der Waals surface area contributed by atoms with Crippen molar-refractivity contribution in [1.82, 2.24) is 14.9 Å². The molecule has 1 amide bonds. The van der Waals surface area contributed by atoms with E-state index in [9.17, 15) is 4.79 Å². The van der Waals surface area contributed by atoms with Crippen LogP contribution in [0.25, 0.3) is 11.0 Å². The molecule has 2 heterocycles. The van der Waals surface area contributed by atoms with E-state index in [1.165, 1.54) is 11.3 Å². The summed E-state index contributed by atoms with van der Waals surface area (Å²) < 4.78 is 8.15. The van der Waals surface area contributed by atoms with Gasteiger partial charge in [-0.05, 0) is 48.6 Å². The summed E-state index contributed by atoms with van der Waals surface area (Å²) in [6.07, 6.45) is 3.89. The molecule has 0 saturated carbocycles. The predicted molar refractivity (Wildman–Crippen MR) is 131 cm³/mol. The molecular weight excluding hydrogens is 442 g/mol. The topological polar surface area (TPSA) is 56.2 Å². The van der Waals surface area contributed by atoms with E-state index in [0.29, 0.717) is 30.5 Å². The molecule has 0 aliphatic heterocycles. The van der Waals surface area contributed by atoms with Gasteiger partial charge in [0.2, 0.25) is 0 Å². The first-order valence-corrected chi connectivity index (χ1v) is 12.1. The Labute approximate surface area is 197 Å². The quantitative estimate of drug-likeness (QED) is 0.276. The number of rotatable bonds is 11. The average molecular weight is 468 g/mol. The first-order valence-electron chi connectivity index (χ1n) is 10.9. The Bertz CT molecular complexity index is 1160. The number of carbonyl (C=O) groups excluding carboxylic acids is 1. The summed E-state index contributed by atoms with van der Waals surface area (Å²) in [4.78, 5) is 17.6. The molecule has 0 aliphatic carbocycles. The third-order valence-corrected chi connectivity index (χ3v) is 6.43. The number of amides is 1. The number of fused-ring (bicyclic) bond motifs is 1. The van der Waals surface area contributed by atoms with Gasteiger partial charge in [-0.15, -0.1) is 11.3 Å². The maximum absolute atomic E-state index is 12.0. The van der Waals surface area contributed by atoms with Crippen LogP contribution in [0.3, 0.4) is 0 Å². The number of hydrogen-bond acceptors (Lipinski definition) is 4. The minimum Gasteiger partial charge on any atom is -0.490 e. The van der Waals surface area contributed by atoms with Crippen molar-refractivity contribution in [2.24, 2.45) is 0 Å². The standard InChI is InChI=1S/C25H26ClN3O2S/c26-19-9-3-6-12-22(19)31-17-16-29-21-11-5-4-10-20(21)28-24(29)14-2-1-7-15-27-25(30)23-13-8-18-32-23/h3-6,8-13,18H,1-2,7,14-17H2,(H,27,30). The number of hydrogen-bond donors (Lipinski definition) is 1. The van der Waals surface area contributed by atoms with E-state index in [-0.39, 0.29) is 5.91 Å². The molecule has 0 bridgehead atoms. The Balaban J connectivity index is 1.29. The van der Waals surface area contributed by atoms with Gasteiger partial charge in [-0.2, -0.15) is 0 Å². The van der Waals surface area contributed by atoms with Crippen LogP contribution in [0.4, 0.5) is 0 Å². The van der Waals surface area contributed by atoms with Crippen LogP contribution in [0.1, 0.15) is 34.8 Å². The van der Waals surface area contributed by atoms with Crippen molar-refractivity contribution < 1.29 is 9.53 Å². The van der Waals surface area contributed by atoms with Crippen LogP contribution in [-0.2, 0) is 13.0 Å². The van der Waals surface area contributed by atoms with E-state index >= 15 is 0 Å². The molecule has 2 aromatic carbocycles. The number of ether oxygens (including phenoxy) is 1. The largest absolute Gasteiger partial charge is 0.490 e. The van der Waals surface area contributed by atoms with Crippen molar-refractivity contribution in [2.45, 2.75) is 32.2 Å². The lowest BCUT2D eigenvalue weighted by Gasteiger charge is -2.12. The van der Waals surface area contributed by atoms with Gasteiger partial charge in [0.15, 0.2) is 0 Å². The van der Waals surface area contributed by atoms with Crippen LogP contribution >= 0.6 is 22.9 Å². The van der Waals surface area contributed by atoms with Gasteiger partial charge in [0.25, 0.3) is 5.91 Å². The van der Waals surface area contributed by atoms with Crippen LogP contribution < -0.4 is 10.1 Å². The highest BCUT2D eigenvalue weighted by Gasteiger charge is 2.11. The molecule has 2 aromatic heterocycles. The van der Waals surface area contributed by atoms with Gasteiger partial charge in [0.1, 0.15) is 18.2 Å². The predicted octanol–water partition coefficient (Wildman–Crippen LogP) is 5.97. The SMILES string of the molecule is O=C(NCCCCCc1nc2ccccc2n1CCOc1ccccc1Cl)c1cccs1. The summed E-state index contributed by atoms with van der Waals surface area (Å²) in [7, 11) is 0. The molecule has 0 spiro atoms. The highest BCUT2D eigenvalue weighted by molar-refractivity contribution is 7.12. The van der Waals surface area contributed by atoms with Gasteiger partial charge in [-0.3, -0.25) is 4.79 Å². The lowest BCUT2D eigenvalue weighted by Crippen LogP contribution is -2.23. The van der Waals surface area contributed by atoms with Crippen LogP contribution in [0.2, 0.25) is 5.02 Å². The molecule has 166 valence electrons. The molecule has 1 N–H and O–H groups in total. The van der Waals surface area contributed by atoms with E-state index in [4.69, 9.17) is 21.3 Å². The average Bonchev–Trinajstić information content (AvgIpc) is 3.46. The van der Waals surface area contributed by atoms with Gasteiger partial charge >= 0.3 is 0 Å². The van der Waals surface area contributed by atoms with E-state index in [2.05, 4.69) is 16.0 Å². The second-order valence-electron chi connectivity index (χ2n) is 7.49. The zero-order valence-corrected chi connectivity index (χ0v) is 19.4. The first kappa shape index (κ1) is 22.4. The van der Waals surface area contributed by atoms with E-state index in [1.54, 1.807) is 0 Å². The van der Waals surface area contributed by atoms with Gasteiger partial charge in [-0.25, -0.2) is 4.98 Å². The minimum absolute atomic E-state index is 0.0142. The Morgan fingerprint density at radius 3 is 2.72 bits per heavy atom. The molecule has 5 nitrogen and oxygen atoms in total. The van der Waals surface area contributed by atoms with E-state index < -0.39 is 0 Å². The van der Waals surface area contributed by atoms with E-state index in [1.807, 2.05) is 60.0 Å². The molecule has 4 rings (SSSR count). The van der Waals surface area contributed by atoms with Crippen molar-refractivity contribution in [3.8, 4) is 5.75 Å². The highest BCUT2D eigenvalue weighted by atomic mass is 35.5. The Hall–Kier alpha value is -2.83. The Morgan fingerprint density at radius 1 is 1.03 bits per heavy atom. The van der Waals surface area contributed by atoms with Crippen LogP contribution in [0, 0.1) is 0 Å². The van der Waals surface area contributed by atoms with Crippen molar-refractivity contribution in [2.75, 3.05) is 13.2 Å². The highest BCUT2D eigenvalue weighted by Crippen LogP contribution is 2.23. The fourth-order valence-corrected chi connectivity index (χ4v) is 4.49. The maximum atomic E-state index is 12.0. The number of aryl methyl sites for hydroxylation is 1. The number of para-hydroxylation sites is 3. The number of nitrogens with one attached hydrogen (secondary N) is 1. The second kappa shape index (κ2) is 11.2. The fraction of sp³-hybridized carbons (Fsp3) is 0.280. The molecule has 0 radical (unpaired) electrons. The van der Waals surface area contributed by atoms with Crippen LogP contribution in [0.5, 0.6) is 5.75 Å². The smallest absolute Gasteiger partial charge is 0.261 e. The zero-order valence-electron chi connectivity index (χ0n) is 17.8. The Morgan fingerprint density at radius 2 is 1.88 bits per heavy atom. The Kier molecular flexibility index (Phi) is 7.80. The first-order chi connectivity index (χ1) is 15.7. The minimum atomic E-state index is 0.0142. The van der Waals surface area contributed by atoms with Gasteiger partial charge < -0.3 is 14.6 Å². The maximum Gasteiger partial charge on any atom is 0.261 e. The molecule has 4 aromatic rings. The fourth-order valence-electron chi connectivity index (χ4n) is 3.66. The summed E-state index contributed by atoms with van der Waals surface area (Å²) in [5.74, 6) is 1.78. The number of unbranched alkanes of at least 4 members (excludes halogenated alkanes) is 2. The van der Waals surface area contributed by atoms with Gasteiger partial charge in [0.05, 0.1) is 27.5 Å². The number of benzene rings is 2. The van der Waals surface area contributed by atoms with Crippen molar-refractivity contribution in [3.63, 3.8) is 0 Å². The molecule has 32 heavy (non-hydrogen) atoms. The number of halogens is 1. The molecule has 0 saturated heterocycles. The zero-order chi connectivity index (χ0) is 22.2. The van der Waals surface area contributed by atoms with Crippen LogP contribution in [-0.4, -0.2) is 28.6 Å². The van der Waals surface area contributed by atoms with E-state index in [0.717, 1.165) is 47.4 Å². The summed E-state index contributed by atoms with van der Waals surface area (Å²) in [6, 6.07) is 19.5. The molecule has 0 aliphatic rings.